The third kappa shape index (κ3) is 4.31. The highest BCUT2D eigenvalue weighted by molar-refractivity contribution is 5.78. The highest BCUT2D eigenvalue weighted by atomic mass is 19.3. The van der Waals surface area contributed by atoms with Crippen LogP contribution in [0.2, 0.25) is 0 Å². The van der Waals surface area contributed by atoms with Gasteiger partial charge in [0.1, 0.15) is 0 Å². The van der Waals surface area contributed by atoms with E-state index in [1.807, 2.05) is 6.92 Å². The van der Waals surface area contributed by atoms with Gasteiger partial charge in [0.05, 0.1) is 7.11 Å². The Morgan fingerprint density at radius 3 is 2.61 bits per heavy atom. The Bertz CT molecular complexity index is 550. The van der Waals surface area contributed by atoms with Gasteiger partial charge in [0.2, 0.25) is 5.91 Å². The molecule has 1 saturated heterocycles. The van der Waals surface area contributed by atoms with Gasteiger partial charge in [-0.05, 0) is 36.7 Å². The third-order valence-corrected chi connectivity index (χ3v) is 4.15. The number of amides is 1. The van der Waals surface area contributed by atoms with Crippen LogP contribution >= 0.6 is 0 Å². The molecular formula is C16H22F2N2O3. The van der Waals surface area contributed by atoms with Crippen molar-refractivity contribution in [3.63, 3.8) is 0 Å². The molecule has 0 saturated carbocycles. The maximum atomic E-state index is 12.5. The molecule has 5 nitrogen and oxygen atoms in total. The van der Waals surface area contributed by atoms with Crippen LogP contribution in [0.25, 0.3) is 0 Å². The molecule has 1 unspecified atom stereocenters. The smallest absolute Gasteiger partial charge is 0.387 e. The number of halogens is 2. The van der Waals surface area contributed by atoms with Crippen molar-refractivity contribution >= 4 is 5.91 Å². The number of rotatable bonds is 7. The standard InChI is InChI=1S/C16H22F2N2O3/c1-10(12-7-19-8-12)15(21)20(2)9-11-4-5-13(22-3)14(6-11)23-16(17)18/h4-6,10,12,16,19H,7-9H2,1-3H3. The Morgan fingerprint density at radius 2 is 2.09 bits per heavy atom. The summed E-state index contributed by atoms with van der Waals surface area (Å²) in [5, 5.41) is 3.15. The molecule has 0 aromatic heterocycles. The number of nitrogens with zero attached hydrogens (tertiary/aromatic N) is 1. The van der Waals surface area contributed by atoms with E-state index in [0.29, 0.717) is 18.0 Å². The average Bonchev–Trinajstić information content (AvgIpc) is 2.44. The first-order chi connectivity index (χ1) is 10.9. The van der Waals surface area contributed by atoms with Gasteiger partial charge in [-0.2, -0.15) is 8.78 Å². The van der Waals surface area contributed by atoms with E-state index in [-0.39, 0.29) is 23.3 Å². The molecule has 7 heteroatoms. The lowest BCUT2D eigenvalue weighted by molar-refractivity contribution is -0.136. The predicted molar refractivity (Wildman–Crippen MR) is 81.6 cm³/mol. The zero-order valence-corrected chi connectivity index (χ0v) is 13.5. The molecule has 1 fully saturated rings. The molecule has 23 heavy (non-hydrogen) atoms. The van der Waals surface area contributed by atoms with E-state index in [1.54, 1.807) is 24.1 Å². The summed E-state index contributed by atoms with van der Waals surface area (Å²) in [6.45, 7) is 1.03. The molecule has 1 atom stereocenters. The molecule has 0 radical (unpaired) electrons. The lowest BCUT2D eigenvalue weighted by Crippen LogP contribution is -2.49. The average molecular weight is 328 g/mol. The summed E-state index contributed by atoms with van der Waals surface area (Å²) in [5.74, 6) is 0.549. The second kappa shape index (κ2) is 7.59. The lowest BCUT2D eigenvalue weighted by Gasteiger charge is -2.34. The van der Waals surface area contributed by atoms with Crippen molar-refractivity contribution in [1.82, 2.24) is 10.2 Å². The molecule has 0 bridgehead atoms. The summed E-state index contributed by atoms with van der Waals surface area (Å²) in [7, 11) is 3.10. The summed E-state index contributed by atoms with van der Waals surface area (Å²) in [4.78, 5) is 14.0. The maximum Gasteiger partial charge on any atom is 0.387 e. The van der Waals surface area contributed by atoms with Crippen molar-refractivity contribution in [2.45, 2.75) is 20.1 Å². The molecule has 128 valence electrons. The molecule has 1 aromatic rings. The molecule has 1 aromatic carbocycles. The number of carbonyl (C=O) groups is 1. The highest BCUT2D eigenvalue weighted by Gasteiger charge is 2.30. The summed E-state index contributed by atoms with van der Waals surface area (Å²) in [5.41, 5.74) is 0.705. The molecule has 1 aliphatic rings. The van der Waals surface area contributed by atoms with Crippen LogP contribution in [0.3, 0.4) is 0 Å². The van der Waals surface area contributed by atoms with E-state index < -0.39 is 6.61 Å². The van der Waals surface area contributed by atoms with Gasteiger partial charge < -0.3 is 19.7 Å². The zero-order chi connectivity index (χ0) is 17.0. The van der Waals surface area contributed by atoms with Crippen LogP contribution in [-0.2, 0) is 11.3 Å². The number of hydrogen-bond donors (Lipinski definition) is 1. The number of benzene rings is 1. The first kappa shape index (κ1) is 17.5. The molecule has 1 N–H and O–H groups in total. The second-order valence-corrected chi connectivity index (χ2v) is 5.77. The van der Waals surface area contributed by atoms with Crippen LogP contribution in [0.4, 0.5) is 8.78 Å². The monoisotopic (exact) mass is 328 g/mol. The first-order valence-corrected chi connectivity index (χ1v) is 7.49. The number of alkyl halides is 2. The summed E-state index contributed by atoms with van der Waals surface area (Å²) in [6, 6.07) is 4.77. The van der Waals surface area contributed by atoms with Crippen LogP contribution < -0.4 is 14.8 Å². The fraction of sp³-hybridized carbons (Fsp3) is 0.562. The zero-order valence-electron chi connectivity index (χ0n) is 13.5. The minimum absolute atomic E-state index is 0.0305. The van der Waals surface area contributed by atoms with Gasteiger partial charge in [-0.15, -0.1) is 0 Å². The molecule has 1 aliphatic heterocycles. The van der Waals surface area contributed by atoms with E-state index >= 15 is 0 Å². The summed E-state index contributed by atoms with van der Waals surface area (Å²) in [6.07, 6.45) is 0. The van der Waals surface area contributed by atoms with E-state index in [1.165, 1.54) is 13.2 Å². The number of ether oxygens (including phenoxy) is 2. The topological polar surface area (TPSA) is 50.8 Å². The Hall–Kier alpha value is -1.89. The Morgan fingerprint density at radius 1 is 1.39 bits per heavy atom. The SMILES string of the molecule is COc1ccc(CN(C)C(=O)C(C)C2CNC2)cc1OC(F)F. The quantitative estimate of drug-likeness (QED) is 0.833. The predicted octanol–water partition coefficient (Wildman–Crippen LogP) is 2.11. The van der Waals surface area contributed by atoms with Crippen molar-refractivity contribution in [1.29, 1.82) is 0 Å². The minimum Gasteiger partial charge on any atom is -0.493 e. The summed E-state index contributed by atoms with van der Waals surface area (Å²) >= 11 is 0. The number of carbonyl (C=O) groups excluding carboxylic acids is 1. The molecule has 0 spiro atoms. The van der Waals surface area contributed by atoms with Gasteiger partial charge >= 0.3 is 6.61 Å². The third-order valence-electron chi connectivity index (χ3n) is 4.15. The minimum atomic E-state index is -2.93. The fourth-order valence-electron chi connectivity index (χ4n) is 2.57. The fourth-order valence-corrected chi connectivity index (χ4v) is 2.57. The van der Waals surface area contributed by atoms with Gasteiger partial charge in [0.15, 0.2) is 11.5 Å². The van der Waals surface area contributed by atoms with Gasteiger partial charge in [0.25, 0.3) is 0 Å². The number of hydrogen-bond acceptors (Lipinski definition) is 4. The molecule has 1 heterocycles. The highest BCUT2D eigenvalue weighted by Crippen LogP contribution is 2.30. The Labute approximate surface area is 134 Å². The van der Waals surface area contributed by atoms with Crippen molar-refractivity contribution in [3.05, 3.63) is 23.8 Å². The molecule has 1 amide bonds. The Balaban J connectivity index is 2.04. The van der Waals surface area contributed by atoms with Crippen molar-refractivity contribution < 1.29 is 23.0 Å². The van der Waals surface area contributed by atoms with Crippen LogP contribution in [-0.4, -0.2) is 44.7 Å². The van der Waals surface area contributed by atoms with E-state index in [0.717, 1.165) is 13.1 Å². The second-order valence-electron chi connectivity index (χ2n) is 5.77. The van der Waals surface area contributed by atoms with Crippen LogP contribution in [0.1, 0.15) is 12.5 Å². The Kier molecular flexibility index (Phi) is 5.76. The van der Waals surface area contributed by atoms with Gasteiger partial charge in [-0.1, -0.05) is 13.0 Å². The molecular weight excluding hydrogens is 306 g/mol. The number of nitrogens with one attached hydrogen (secondary N) is 1. The van der Waals surface area contributed by atoms with E-state index in [9.17, 15) is 13.6 Å². The van der Waals surface area contributed by atoms with Crippen molar-refractivity contribution in [2.75, 3.05) is 27.2 Å². The largest absolute Gasteiger partial charge is 0.493 e. The van der Waals surface area contributed by atoms with E-state index in [2.05, 4.69) is 10.1 Å². The lowest BCUT2D eigenvalue weighted by atomic mass is 9.88. The molecule has 2 rings (SSSR count). The van der Waals surface area contributed by atoms with Gasteiger partial charge in [-0.25, -0.2) is 0 Å². The maximum absolute atomic E-state index is 12.5. The van der Waals surface area contributed by atoms with Crippen LogP contribution in [0.15, 0.2) is 18.2 Å². The van der Waals surface area contributed by atoms with Gasteiger partial charge in [-0.3, -0.25) is 4.79 Å². The first-order valence-electron chi connectivity index (χ1n) is 7.49. The van der Waals surface area contributed by atoms with Crippen molar-refractivity contribution in [2.24, 2.45) is 11.8 Å². The normalized spacial score (nSPS) is 15.9. The van der Waals surface area contributed by atoms with Crippen LogP contribution in [0, 0.1) is 11.8 Å². The van der Waals surface area contributed by atoms with E-state index in [4.69, 9.17) is 4.74 Å². The summed E-state index contributed by atoms with van der Waals surface area (Å²) < 4.78 is 34.4. The van der Waals surface area contributed by atoms with Gasteiger partial charge in [0, 0.05) is 19.5 Å². The molecule has 0 aliphatic carbocycles. The van der Waals surface area contributed by atoms with Crippen LogP contribution in [0.5, 0.6) is 11.5 Å². The number of methoxy groups -OCH3 is 1. The van der Waals surface area contributed by atoms with Crippen molar-refractivity contribution in [3.8, 4) is 11.5 Å².